The maximum absolute atomic E-state index is 12.7. The second-order valence-electron chi connectivity index (χ2n) is 5.27. The van der Waals surface area contributed by atoms with Crippen molar-refractivity contribution in [1.82, 2.24) is 10.3 Å². The molecule has 6 heteroatoms. The molecule has 0 amide bonds. The molecule has 3 nitrogen and oxygen atoms in total. The molecule has 19 heavy (non-hydrogen) atoms. The summed E-state index contributed by atoms with van der Waals surface area (Å²) in [4.78, 5) is 6.05. The maximum atomic E-state index is 12.7. The van der Waals surface area contributed by atoms with Gasteiger partial charge in [0, 0.05) is 25.3 Å². The maximum Gasteiger partial charge on any atom is 0.416 e. The Hall–Kier alpha value is -1.30. The Morgan fingerprint density at radius 1 is 1.32 bits per heavy atom. The van der Waals surface area contributed by atoms with Gasteiger partial charge in [-0.25, -0.2) is 4.98 Å². The van der Waals surface area contributed by atoms with Crippen LogP contribution in [0.2, 0.25) is 0 Å². The minimum atomic E-state index is -4.30. The van der Waals surface area contributed by atoms with Crippen LogP contribution in [-0.2, 0) is 6.18 Å². The third kappa shape index (κ3) is 2.54. The first kappa shape index (κ1) is 12.7. The summed E-state index contributed by atoms with van der Waals surface area (Å²) in [5, 5.41) is 3.43. The zero-order valence-corrected chi connectivity index (χ0v) is 10.5. The molecule has 0 radical (unpaired) electrons. The van der Waals surface area contributed by atoms with Gasteiger partial charge in [-0.1, -0.05) is 0 Å². The van der Waals surface area contributed by atoms with Crippen LogP contribution in [0.3, 0.4) is 0 Å². The van der Waals surface area contributed by atoms with E-state index in [1.807, 2.05) is 4.90 Å². The van der Waals surface area contributed by atoms with Crippen molar-refractivity contribution < 1.29 is 13.2 Å². The normalized spacial score (nSPS) is 27.4. The lowest BCUT2D eigenvalue weighted by Crippen LogP contribution is -2.40. The highest BCUT2D eigenvalue weighted by Crippen LogP contribution is 2.33. The lowest BCUT2D eigenvalue weighted by molar-refractivity contribution is -0.137. The molecule has 2 aliphatic rings. The summed E-state index contributed by atoms with van der Waals surface area (Å²) in [7, 11) is 0. The predicted octanol–water partition coefficient (Wildman–Crippen LogP) is 2.29. The lowest BCUT2D eigenvalue weighted by atomic mass is 9.94. The molecule has 1 aromatic heterocycles. The molecule has 3 heterocycles. The summed E-state index contributed by atoms with van der Waals surface area (Å²) in [6.07, 6.45) is -0.770. The Kier molecular flexibility index (Phi) is 3.12. The summed E-state index contributed by atoms with van der Waals surface area (Å²) >= 11 is 0. The molecule has 0 spiro atoms. The molecular weight excluding hydrogens is 255 g/mol. The molecule has 104 valence electrons. The molecule has 0 saturated carbocycles. The number of hydrogen-bond donors (Lipinski definition) is 1. The number of halogens is 3. The fourth-order valence-corrected chi connectivity index (χ4v) is 3.00. The van der Waals surface area contributed by atoms with Gasteiger partial charge in [-0.3, -0.25) is 0 Å². The van der Waals surface area contributed by atoms with Crippen LogP contribution >= 0.6 is 0 Å². The molecule has 0 aromatic carbocycles. The molecular formula is C13H16F3N3. The average molecular weight is 271 g/mol. The third-order valence-electron chi connectivity index (χ3n) is 4.00. The summed E-state index contributed by atoms with van der Waals surface area (Å²) in [6, 6.07) is 2.56. The number of aromatic nitrogens is 1. The smallest absolute Gasteiger partial charge is 0.355 e. The largest absolute Gasteiger partial charge is 0.416 e. The van der Waals surface area contributed by atoms with Gasteiger partial charge < -0.3 is 10.2 Å². The summed E-state index contributed by atoms with van der Waals surface area (Å²) < 4.78 is 38.1. The SMILES string of the molecule is FC(F)(F)c1ccnc(N2C[C@@H]3CCCN[C@@H]3C2)c1. The van der Waals surface area contributed by atoms with Gasteiger partial charge in [0.05, 0.1) is 5.56 Å². The van der Waals surface area contributed by atoms with Gasteiger partial charge in [-0.05, 0) is 37.4 Å². The standard InChI is InChI=1S/C13H16F3N3/c14-13(15,16)10-3-5-18-12(6-10)19-7-9-2-1-4-17-11(9)8-19/h3,5-6,9,11,17H,1-2,4,7-8H2/t9-,11+/m0/s1. The first-order valence-electron chi connectivity index (χ1n) is 6.55. The van der Waals surface area contributed by atoms with Gasteiger partial charge in [0.1, 0.15) is 5.82 Å². The Morgan fingerprint density at radius 3 is 2.89 bits per heavy atom. The molecule has 1 N–H and O–H groups in total. The molecule has 0 aliphatic carbocycles. The molecule has 1 aromatic rings. The van der Waals surface area contributed by atoms with Crippen molar-refractivity contribution in [2.24, 2.45) is 5.92 Å². The number of anilines is 1. The molecule has 2 fully saturated rings. The first-order valence-corrected chi connectivity index (χ1v) is 6.55. The van der Waals surface area contributed by atoms with E-state index >= 15 is 0 Å². The van der Waals surface area contributed by atoms with E-state index in [2.05, 4.69) is 10.3 Å². The van der Waals surface area contributed by atoms with E-state index in [4.69, 9.17) is 0 Å². The van der Waals surface area contributed by atoms with E-state index in [0.29, 0.717) is 17.8 Å². The molecule has 0 unspecified atom stereocenters. The Balaban J connectivity index is 1.80. The van der Waals surface area contributed by atoms with Crippen LogP contribution in [0, 0.1) is 5.92 Å². The number of piperidine rings is 1. The van der Waals surface area contributed by atoms with Crippen molar-refractivity contribution in [2.75, 3.05) is 24.5 Å². The van der Waals surface area contributed by atoms with Crippen LogP contribution in [-0.4, -0.2) is 30.7 Å². The Labute approximate surface area is 109 Å². The third-order valence-corrected chi connectivity index (χ3v) is 4.00. The summed E-state index contributed by atoms with van der Waals surface area (Å²) in [6.45, 7) is 2.55. The second kappa shape index (κ2) is 4.67. The van der Waals surface area contributed by atoms with Crippen LogP contribution in [0.15, 0.2) is 18.3 Å². The molecule has 0 bridgehead atoms. The number of fused-ring (bicyclic) bond motifs is 1. The highest BCUT2D eigenvalue weighted by Gasteiger charge is 2.36. The average Bonchev–Trinajstić information content (AvgIpc) is 2.81. The quantitative estimate of drug-likeness (QED) is 0.849. The van der Waals surface area contributed by atoms with Gasteiger partial charge in [0.2, 0.25) is 0 Å². The number of nitrogens with zero attached hydrogens (tertiary/aromatic N) is 2. The second-order valence-corrected chi connectivity index (χ2v) is 5.27. The van der Waals surface area contributed by atoms with E-state index in [-0.39, 0.29) is 0 Å². The van der Waals surface area contributed by atoms with Crippen molar-refractivity contribution in [1.29, 1.82) is 0 Å². The van der Waals surface area contributed by atoms with Gasteiger partial charge in [0.25, 0.3) is 0 Å². The molecule has 2 atom stereocenters. The Morgan fingerprint density at radius 2 is 2.16 bits per heavy atom. The van der Waals surface area contributed by atoms with Crippen LogP contribution in [0.25, 0.3) is 0 Å². The highest BCUT2D eigenvalue weighted by atomic mass is 19.4. The van der Waals surface area contributed by atoms with E-state index in [1.165, 1.54) is 6.20 Å². The number of hydrogen-bond acceptors (Lipinski definition) is 3. The number of nitrogens with one attached hydrogen (secondary N) is 1. The van der Waals surface area contributed by atoms with Crippen LogP contribution in [0.4, 0.5) is 19.0 Å². The number of alkyl halides is 3. The zero-order valence-electron chi connectivity index (χ0n) is 10.5. The van der Waals surface area contributed by atoms with Crippen molar-refractivity contribution in [3.63, 3.8) is 0 Å². The van der Waals surface area contributed by atoms with Gasteiger partial charge in [-0.2, -0.15) is 13.2 Å². The zero-order chi connectivity index (χ0) is 13.5. The van der Waals surface area contributed by atoms with Crippen molar-refractivity contribution >= 4 is 5.82 Å². The summed E-state index contributed by atoms with van der Waals surface area (Å²) in [5.41, 5.74) is -0.625. The van der Waals surface area contributed by atoms with Crippen LogP contribution < -0.4 is 10.2 Å². The lowest BCUT2D eigenvalue weighted by Gasteiger charge is -2.24. The van der Waals surface area contributed by atoms with Crippen molar-refractivity contribution in [3.8, 4) is 0 Å². The minimum Gasteiger partial charge on any atom is -0.355 e. The van der Waals surface area contributed by atoms with Crippen LogP contribution in [0.5, 0.6) is 0 Å². The molecule has 3 rings (SSSR count). The van der Waals surface area contributed by atoms with Gasteiger partial charge >= 0.3 is 6.18 Å². The van der Waals surface area contributed by atoms with Gasteiger partial charge in [0.15, 0.2) is 0 Å². The van der Waals surface area contributed by atoms with E-state index < -0.39 is 11.7 Å². The fraction of sp³-hybridized carbons (Fsp3) is 0.615. The van der Waals surface area contributed by atoms with Crippen LogP contribution in [0.1, 0.15) is 18.4 Å². The Bertz CT molecular complexity index is 447. The van der Waals surface area contributed by atoms with E-state index in [9.17, 15) is 13.2 Å². The van der Waals surface area contributed by atoms with Crippen molar-refractivity contribution in [2.45, 2.75) is 25.1 Å². The number of pyridine rings is 1. The van der Waals surface area contributed by atoms with E-state index in [0.717, 1.165) is 44.6 Å². The molecule has 2 aliphatic heterocycles. The van der Waals surface area contributed by atoms with E-state index in [1.54, 1.807) is 0 Å². The fourth-order valence-electron chi connectivity index (χ4n) is 3.00. The number of rotatable bonds is 1. The predicted molar refractivity (Wildman–Crippen MR) is 66.0 cm³/mol. The first-order chi connectivity index (χ1) is 9.04. The monoisotopic (exact) mass is 271 g/mol. The topological polar surface area (TPSA) is 28.2 Å². The summed E-state index contributed by atoms with van der Waals surface area (Å²) in [5.74, 6) is 0.969. The highest BCUT2D eigenvalue weighted by molar-refractivity contribution is 5.43. The van der Waals surface area contributed by atoms with Gasteiger partial charge in [-0.15, -0.1) is 0 Å². The molecule has 2 saturated heterocycles. The minimum absolute atomic E-state index is 0.394. The van der Waals surface area contributed by atoms with Crippen molar-refractivity contribution in [3.05, 3.63) is 23.9 Å².